The van der Waals surface area contributed by atoms with Crippen molar-refractivity contribution >= 4 is 28.6 Å². The molecule has 3 aliphatic heterocycles. The number of carbonyl (C=O) groups excluding carboxylic acids is 1. The molecule has 272 valence electrons. The highest BCUT2D eigenvalue weighted by atomic mass is 32.1. The van der Waals surface area contributed by atoms with Crippen molar-refractivity contribution < 1.29 is 4.79 Å². The molecule has 0 saturated heterocycles. The Kier molecular flexibility index (Phi) is 14.6. The van der Waals surface area contributed by atoms with Crippen LogP contribution in [0, 0.1) is 0 Å². The van der Waals surface area contributed by atoms with Crippen LogP contribution in [-0.4, -0.2) is 26.0 Å². The first-order valence-corrected chi connectivity index (χ1v) is 20.6. The first-order chi connectivity index (χ1) is 25.7. The lowest BCUT2D eigenvalue weighted by Crippen LogP contribution is -2.20. The number of likely N-dealkylation sites (N-methyl/N-ethyl adjacent to an activating group) is 1. The second kappa shape index (κ2) is 20.2. The van der Waals surface area contributed by atoms with Gasteiger partial charge in [0.15, 0.2) is 0 Å². The van der Waals surface area contributed by atoms with Crippen LogP contribution in [0.4, 0.5) is 11.4 Å². The van der Waals surface area contributed by atoms with Crippen molar-refractivity contribution in [2.45, 2.75) is 96.4 Å². The Hall–Kier alpha value is -4.19. The standard InChI is InChI=1S/C11H14.C10H13N.C9H9NO.C9H11N.C8H10S/c1-2-6-10-8-4-5-9-11(10)7-3-1;1-2-5-10-8-11-7-3-6-9(10)4-1;1-10-8-5-3-2-4-7(8)6-9(10)11;1-2-6-9-8(4-1)5-3-7-10-9;1-2-4-8-7(3-1)5-6-9-8/h4-5,8-9H,1-3,6-7H2;1-2,4-5,11H,3,6-8H2;2-5H,6H2,1H3;1-2,4,6,10H,3,5,7H2;5-6H,1-4H2. The highest BCUT2D eigenvalue weighted by molar-refractivity contribution is 7.10. The van der Waals surface area contributed by atoms with Gasteiger partial charge in [0.05, 0.1) is 6.42 Å². The van der Waals surface area contributed by atoms with Gasteiger partial charge in [-0.3, -0.25) is 4.79 Å². The van der Waals surface area contributed by atoms with Crippen LogP contribution >= 0.6 is 11.3 Å². The lowest BCUT2D eigenvalue weighted by molar-refractivity contribution is -0.117. The van der Waals surface area contributed by atoms with E-state index in [1.807, 2.05) is 42.6 Å². The van der Waals surface area contributed by atoms with Crippen molar-refractivity contribution in [1.82, 2.24) is 5.32 Å². The van der Waals surface area contributed by atoms with Gasteiger partial charge in [-0.25, -0.2) is 0 Å². The van der Waals surface area contributed by atoms with E-state index in [0.717, 1.165) is 30.9 Å². The summed E-state index contributed by atoms with van der Waals surface area (Å²) in [5, 5.41) is 8.98. The third-order valence-corrected chi connectivity index (χ3v) is 11.7. The van der Waals surface area contributed by atoms with Crippen LogP contribution in [0.15, 0.2) is 109 Å². The number of hydrogen-bond acceptors (Lipinski definition) is 4. The summed E-state index contributed by atoms with van der Waals surface area (Å²) in [6.45, 7) is 3.35. The normalized spacial score (nSPS) is 16.5. The van der Waals surface area contributed by atoms with Gasteiger partial charge in [0.25, 0.3) is 0 Å². The lowest BCUT2D eigenvalue weighted by Gasteiger charge is -2.16. The number of para-hydroxylation sites is 2. The number of thiophene rings is 1. The fourth-order valence-electron chi connectivity index (χ4n) is 7.68. The Morgan fingerprint density at radius 1 is 0.519 bits per heavy atom. The van der Waals surface area contributed by atoms with Crippen molar-refractivity contribution in [3.63, 3.8) is 0 Å². The fraction of sp³-hybridized carbons (Fsp3) is 0.383. The molecule has 0 saturated carbocycles. The van der Waals surface area contributed by atoms with Crippen LogP contribution in [0.1, 0.15) is 88.8 Å². The van der Waals surface area contributed by atoms with Gasteiger partial charge in [0, 0.05) is 36.4 Å². The van der Waals surface area contributed by atoms with Crippen LogP contribution in [-0.2, 0) is 56.3 Å². The number of aryl methyl sites for hydroxylation is 6. The number of nitrogens with zero attached hydrogens (tertiary/aromatic N) is 1. The molecule has 0 fully saturated rings. The highest BCUT2D eigenvalue weighted by Gasteiger charge is 2.22. The quantitative estimate of drug-likeness (QED) is 0.157. The molecule has 2 N–H and O–H groups in total. The van der Waals surface area contributed by atoms with E-state index in [9.17, 15) is 4.79 Å². The van der Waals surface area contributed by atoms with Gasteiger partial charge in [-0.1, -0.05) is 91.3 Å². The van der Waals surface area contributed by atoms with E-state index in [1.165, 1.54) is 106 Å². The zero-order chi connectivity index (χ0) is 35.8. The van der Waals surface area contributed by atoms with Crippen LogP contribution < -0.4 is 15.5 Å². The molecule has 2 aliphatic carbocycles. The van der Waals surface area contributed by atoms with Crippen molar-refractivity contribution in [2.75, 3.05) is 30.4 Å². The second-order valence-electron chi connectivity index (χ2n) is 14.4. The molecule has 4 aromatic carbocycles. The van der Waals surface area contributed by atoms with Crippen LogP contribution in [0.5, 0.6) is 0 Å². The number of carbonyl (C=O) groups is 1. The van der Waals surface area contributed by atoms with E-state index < -0.39 is 0 Å². The number of amides is 1. The molecular formula is C47H57N3OS. The Balaban J connectivity index is 0.000000112. The Labute approximate surface area is 316 Å². The Morgan fingerprint density at radius 2 is 1.06 bits per heavy atom. The number of rotatable bonds is 0. The lowest BCUT2D eigenvalue weighted by atomic mass is 10.00. The van der Waals surface area contributed by atoms with Gasteiger partial charge in [-0.15, -0.1) is 11.3 Å². The predicted molar refractivity (Wildman–Crippen MR) is 222 cm³/mol. The average Bonchev–Trinajstić information content (AvgIpc) is 3.58. The minimum atomic E-state index is 0.186. The molecule has 0 unspecified atom stereocenters. The highest BCUT2D eigenvalue weighted by Crippen LogP contribution is 2.27. The molecule has 1 aromatic heterocycles. The first-order valence-electron chi connectivity index (χ1n) is 19.7. The summed E-state index contributed by atoms with van der Waals surface area (Å²) in [5.41, 5.74) is 12.8. The van der Waals surface area contributed by atoms with Gasteiger partial charge in [0.1, 0.15) is 0 Å². The average molecular weight is 712 g/mol. The Morgan fingerprint density at radius 3 is 1.77 bits per heavy atom. The number of hydrogen-bond donors (Lipinski definition) is 2. The molecule has 4 heterocycles. The van der Waals surface area contributed by atoms with E-state index in [1.54, 1.807) is 26.5 Å². The van der Waals surface area contributed by atoms with E-state index in [0.29, 0.717) is 6.42 Å². The van der Waals surface area contributed by atoms with Gasteiger partial charge < -0.3 is 15.5 Å². The first kappa shape index (κ1) is 37.6. The largest absolute Gasteiger partial charge is 0.385 e. The number of anilines is 2. The molecule has 0 radical (unpaired) electrons. The summed E-state index contributed by atoms with van der Waals surface area (Å²) in [6.07, 6.45) is 17.9. The van der Waals surface area contributed by atoms with Gasteiger partial charge in [-0.2, -0.15) is 0 Å². The molecule has 5 heteroatoms. The maximum absolute atomic E-state index is 11.2. The third-order valence-electron chi connectivity index (χ3n) is 10.7. The monoisotopic (exact) mass is 711 g/mol. The second-order valence-corrected chi connectivity index (χ2v) is 15.4. The number of fused-ring (bicyclic) bond motifs is 5. The number of benzene rings is 4. The van der Waals surface area contributed by atoms with E-state index in [-0.39, 0.29) is 5.91 Å². The van der Waals surface area contributed by atoms with Crippen molar-refractivity contribution in [2.24, 2.45) is 0 Å². The molecule has 0 spiro atoms. The summed E-state index contributed by atoms with van der Waals surface area (Å²) in [6, 6.07) is 36.3. The van der Waals surface area contributed by atoms with Crippen LogP contribution in [0.25, 0.3) is 0 Å². The van der Waals surface area contributed by atoms with Crippen molar-refractivity contribution in [3.05, 3.63) is 152 Å². The summed E-state index contributed by atoms with van der Waals surface area (Å²) in [5.74, 6) is 0.186. The summed E-state index contributed by atoms with van der Waals surface area (Å²) in [4.78, 5) is 14.5. The molecular weight excluding hydrogens is 655 g/mol. The van der Waals surface area contributed by atoms with Crippen molar-refractivity contribution in [1.29, 1.82) is 0 Å². The van der Waals surface area contributed by atoms with E-state index in [4.69, 9.17) is 0 Å². The molecule has 5 aliphatic rings. The van der Waals surface area contributed by atoms with Crippen LogP contribution in [0.2, 0.25) is 0 Å². The maximum atomic E-state index is 11.2. The summed E-state index contributed by atoms with van der Waals surface area (Å²) < 4.78 is 0. The molecule has 1 amide bonds. The molecule has 10 rings (SSSR count). The topological polar surface area (TPSA) is 44.4 Å². The summed E-state index contributed by atoms with van der Waals surface area (Å²) >= 11 is 1.93. The summed E-state index contributed by atoms with van der Waals surface area (Å²) in [7, 11) is 1.81. The molecule has 0 bridgehead atoms. The van der Waals surface area contributed by atoms with Gasteiger partial charge in [0.2, 0.25) is 5.91 Å². The molecule has 0 atom stereocenters. The maximum Gasteiger partial charge on any atom is 0.231 e. The van der Waals surface area contributed by atoms with E-state index >= 15 is 0 Å². The minimum Gasteiger partial charge on any atom is -0.385 e. The van der Waals surface area contributed by atoms with Gasteiger partial charge >= 0.3 is 0 Å². The van der Waals surface area contributed by atoms with E-state index in [2.05, 4.69) is 94.9 Å². The SMILES string of the molecule is CN1C(=O)Cc2ccccc21.c1cc2c(s1)CCCC2.c1ccc2c(c1)CCCCC2.c1ccc2c(c1)CCCN2.c1ccc2c(c1)CCCNC2. The molecule has 5 aromatic rings. The minimum absolute atomic E-state index is 0.186. The third kappa shape index (κ3) is 10.9. The van der Waals surface area contributed by atoms with Gasteiger partial charge in [-0.05, 0) is 146 Å². The zero-order valence-corrected chi connectivity index (χ0v) is 32.0. The smallest absolute Gasteiger partial charge is 0.231 e. The molecule has 52 heavy (non-hydrogen) atoms. The zero-order valence-electron chi connectivity index (χ0n) is 31.2. The predicted octanol–water partition coefficient (Wildman–Crippen LogP) is 10.6. The van der Waals surface area contributed by atoms with Crippen LogP contribution in [0.3, 0.4) is 0 Å². The fourth-order valence-corrected chi connectivity index (χ4v) is 8.66. The molecule has 4 nitrogen and oxygen atoms in total. The Bertz CT molecular complexity index is 1690. The number of nitrogens with one attached hydrogen (secondary N) is 2. The van der Waals surface area contributed by atoms with Crippen molar-refractivity contribution in [3.8, 4) is 0 Å².